The van der Waals surface area contributed by atoms with Crippen molar-refractivity contribution >= 4 is 5.97 Å². The van der Waals surface area contributed by atoms with Crippen molar-refractivity contribution in [3.05, 3.63) is 12.7 Å². The molecule has 0 heterocycles. The molecule has 0 aromatic rings. The highest BCUT2D eigenvalue weighted by Crippen LogP contribution is 2.35. The first kappa shape index (κ1) is 14.3. The molecule has 0 aromatic carbocycles. The second-order valence-electron chi connectivity index (χ2n) is 5.68. The number of carbonyl (C=O) groups excluding carboxylic acids is 1. The molecule has 98 valence electrons. The molecule has 0 unspecified atom stereocenters. The van der Waals surface area contributed by atoms with Crippen LogP contribution in [0, 0.1) is 17.8 Å². The molecule has 0 radical (unpaired) electrons. The summed E-state index contributed by atoms with van der Waals surface area (Å²) in [4.78, 5) is 11.7. The molecule has 1 saturated carbocycles. The van der Waals surface area contributed by atoms with Gasteiger partial charge in [-0.25, -0.2) is 0 Å². The first-order chi connectivity index (χ1) is 8.04. The number of ether oxygens (including phenoxy) is 1. The van der Waals surface area contributed by atoms with E-state index in [1.165, 1.54) is 12.8 Å². The number of carbonyl (C=O) groups is 1. The molecular formula is C15H26O2. The Labute approximate surface area is 105 Å². The van der Waals surface area contributed by atoms with Crippen molar-refractivity contribution in [2.45, 2.75) is 59.0 Å². The van der Waals surface area contributed by atoms with Gasteiger partial charge in [-0.1, -0.05) is 33.3 Å². The highest BCUT2D eigenvalue weighted by atomic mass is 16.5. The number of allylic oxidation sites excluding steroid dienone is 1. The van der Waals surface area contributed by atoms with Crippen molar-refractivity contribution < 1.29 is 9.53 Å². The van der Waals surface area contributed by atoms with E-state index in [1.807, 2.05) is 0 Å². The lowest BCUT2D eigenvalue weighted by Gasteiger charge is -2.36. The van der Waals surface area contributed by atoms with Gasteiger partial charge < -0.3 is 4.74 Å². The summed E-state index contributed by atoms with van der Waals surface area (Å²) < 4.78 is 5.65. The van der Waals surface area contributed by atoms with Crippen LogP contribution in [0.4, 0.5) is 0 Å². The van der Waals surface area contributed by atoms with Gasteiger partial charge in [-0.2, -0.15) is 0 Å². The van der Waals surface area contributed by atoms with Gasteiger partial charge in [0.25, 0.3) is 0 Å². The van der Waals surface area contributed by atoms with Gasteiger partial charge in [-0.3, -0.25) is 4.79 Å². The van der Waals surface area contributed by atoms with E-state index in [0.29, 0.717) is 30.6 Å². The van der Waals surface area contributed by atoms with Crippen molar-refractivity contribution in [1.29, 1.82) is 0 Å². The molecule has 2 nitrogen and oxygen atoms in total. The van der Waals surface area contributed by atoms with E-state index < -0.39 is 0 Å². The van der Waals surface area contributed by atoms with E-state index in [-0.39, 0.29) is 12.1 Å². The highest BCUT2D eigenvalue weighted by Gasteiger charge is 2.33. The van der Waals surface area contributed by atoms with Crippen LogP contribution in [-0.2, 0) is 9.53 Å². The maximum absolute atomic E-state index is 11.7. The Morgan fingerprint density at radius 2 is 2.18 bits per heavy atom. The monoisotopic (exact) mass is 238 g/mol. The molecule has 1 rings (SSSR count). The Hall–Kier alpha value is -0.790. The van der Waals surface area contributed by atoms with Crippen LogP contribution in [0.5, 0.6) is 0 Å². The third kappa shape index (κ3) is 4.53. The molecule has 0 N–H and O–H groups in total. The van der Waals surface area contributed by atoms with Crippen LogP contribution in [0.25, 0.3) is 0 Å². The van der Waals surface area contributed by atoms with Gasteiger partial charge in [0.1, 0.15) is 6.10 Å². The van der Waals surface area contributed by atoms with Crippen LogP contribution in [0.2, 0.25) is 0 Å². The summed E-state index contributed by atoms with van der Waals surface area (Å²) in [6, 6.07) is 0. The molecule has 1 fully saturated rings. The van der Waals surface area contributed by atoms with Gasteiger partial charge in [0.15, 0.2) is 0 Å². The average Bonchev–Trinajstić information content (AvgIpc) is 2.26. The smallest absolute Gasteiger partial charge is 0.306 e. The van der Waals surface area contributed by atoms with Gasteiger partial charge >= 0.3 is 5.97 Å². The van der Waals surface area contributed by atoms with E-state index >= 15 is 0 Å². The highest BCUT2D eigenvalue weighted by molar-refractivity contribution is 5.69. The van der Waals surface area contributed by atoms with Gasteiger partial charge in [0.05, 0.1) is 0 Å². The SMILES string of the molecule is C=CCCC(=O)O[C@@H]1C[C@H](C)CC[C@H]1C(C)C. The Morgan fingerprint density at radius 1 is 1.47 bits per heavy atom. The maximum atomic E-state index is 11.7. The average molecular weight is 238 g/mol. The van der Waals surface area contributed by atoms with Gasteiger partial charge in [-0.05, 0) is 37.0 Å². The zero-order valence-electron chi connectivity index (χ0n) is 11.4. The number of rotatable bonds is 5. The Bertz CT molecular complexity index is 258. The van der Waals surface area contributed by atoms with E-state index in [0.717, 1.165) is 6.42 Å². The normalized spacial score (nSPS) is 29.1. The minimum Gasteiger partial charge on any atom is -0.462 e. The van der Waals surface area contributed by atoms with Crippen LogP contribution in [-0.4, -0.2) is 12.1 Å². The van der Waals surface area contributed by atoms with Gasteiger partial charge in [-0.15, -0.1) is 6.58 Å². The van der Waals surface area contributed by atoms with E-state index in [2.05, 4.69) is 27.4 Å². The molecule has 17 heavy (non-hydrogen) atoms. The molecule has 3 atom stereocenters. The van der Waals surface area contributed by atoms with Gasteiger partial charge in [0.2, 0.25) is 0 Å². The zero-order chi connectivity index (χ0) is 12.8. The van der Waals surface area contributed by atoms with Crippen molar-refractivity contribution in [2.24, 2.45) is 17.8 Å². The summed E-state index contributed by atoms with van der Waals surface area (Å²) in [6.07, 6.45) is 6.58. The molecular weight excluding hydrogens is 212 g/mol. The quantitative estimate of drug-likeness (QED) is 0.535. The lowest BCUT2D eigenvalue weighted by atomic mass is 9.75. The summed E-state index contributed by atoms with van der Waals surface area (Å²) >= 11 is 0. The second kappa shape index (κ2) is 6.83. The molecule has 0 amide bonds. The minimum atomic E-state index is -0.0605. The summed E-state index contributed by atoms with van der Waals surface area (Å²) in [5.41, 5.74) is 0. The lowest BCUT2D eigenvalue weighted by Crippen LogP contribution is -2.35. The minimum absolute atomic E-state index is 0.0605. The van der Waals surface area contributed by atoms with Crippen molar-refractivity contribution in [1.82, 2.24) is 0 Å². The molecule has 1 aliphatic carbocycles. The largest absolute Gasteiger partial charge is 0.462 e. The van der Waals surface area contributed by atoms with Crippen LogP contribution in [0.1, 0.15) is 52.9 Å². The molecule has 0 bridgehead atoms. The van der Waals surface area contributed by atoms with Crippen molar-refractivity contribution in [3.8, 4) is 0 Å². The molecule has 0 aromatic heterocycles. The van der Waals surface area contributed by atoms with Crippen LogP contribution >= 0.6 is 0 Å². The summed E-state index contributed by atoms with van der Waals surface area (Å²) in [7, 11) is 0. The van der Waals surface area contributed by atoms with Crippen molar-refractivity contribution in [2.75, 3.05) is 0 Å². The van der Waals surface area contributed by atoms with Crippen LogP contribution < -0.4 is 0 Å². The summed E-state index contributed by atoms with van der Waals surface area (Å²) in [5, 5.41) is 0. The first-order valence-electron chi connectivity index (χ1n) is 6.85. The van der Waals surface area contributed by atoms with E-state index in [9.17, 15) is 4.79 Å². The first-order valence-corrected chi connectivity index (χ1v) is 6.85. The second-order valence-corrected chi connectivity index (χ2v) is 5.68. The molecule has 0 saturated heterocycles. The molecule has 0 spiro atoms. The van der Waals surface area contributed by atoms with Crippen molar-refractivity contribution in [3.63, 3.8) is 0 Å². The number of hydrogen-bond donors (Lipinski definition) is 0. The van der Waals surface area contributed by atoms with Crippen LogP contribution in [0.3, 0.4) is 0 Å². The molecule has 0 aliphatic heterocycles. The fourth-order valence-corrected chi connectivity index (χ4v) is 2.70. The maximum Gasteiger partial charge on any atom is 0.306 e. The molecule has 1 aliphatic rings. The third-order valence-corrected chi connectivity index (χ3v) is 3.80. The summed E-state index contributed by atoms with van der Waals surface area (Å²) in [5.74, 6) is 1.76. The Kier molecular flexibility index (Phi) is 5.73. The standard InChI is InChI=1S/C15H26O2/c1-5-6-7-15(16)17-14-10-12(4)8-9-13(14)11(2)3/h5,11-14H,1,6-10H2,2-4H3/t12-,13+,14-/m1/s1. The molecule has 2 heteroatoms. The van der Waals surface area contributed by atoms with E-state index in [1.54, 1.807) is 6.08 Å². The summed E-state index contributed by atoms with van der Waals surface area (Å²) in [6.45, 7) is 10.3. The zero-order valence-corrected chi connectivity index (χ0v) is 11.4. The number of hydrogen-bond acceptors (Lipinski definition) is 2. The van der Waals surface area contributed by atoms with Gasteiger partial charge in [0, 0.05) is 6.42 Å². The predicted molar refractivity (Wildman–Crippen MR) is 70.7 cm³/mol. The van der Waals surface area contributed by atoms with E-state index in [4.69, 9.17) is 4.74 Å². The topological polar surface area (TPSA) is 26.3 Å². The lowest BCUT2D eigenvalue weighted by molar-refractivity contribution is -0.155. The fraction of sp³-hybridized carbons (Fsp3) is 0.800. The van der Waals surface area contributed by atoms with Crippen LogP contribution in [0.15, 0.2) is 12.7 Å². The predicted octanol–water partition coefficient (Wildman–Crippen LogP) is 3.96. The Morgan fingerprint density at radius 3 is 2.76 bits per heavy atom. The Balaban J connectivity index is 2.51. The fourth-order valence-electron chi connectivity index (χ4n) is 2.70. The number of esters is 1. The third-order valence-electron chi connectivity index (χ3n) is 3.80.